The van der Waals surface area contributed by atoms with Crippen molar-refractivity contribution in [2.24, 2.45) is 0 Å². The van der Waals surface area contributed by atoms with Crippen LogP contribution in [0.1, 0.15) is 51.3 Å². The lowest BCUT2D eigenvalue weighted by Gasteiger charge is -2.52. The standard InChI is InChI=1S/C15H21BrN2O2/c1-14(2,3)20-13(19)18-9-10-11(16)8-17-12(10)7-15(18)5-4-6-15/h8,17H,4-7,9H2,1-3H3. The van der Waals surface area contributed by atoms with Gasteiger partial charge in [-0.2, -0.15) is 0 Å². The molecule has 0 atom stereocenters. The van der Waals surface area contributed by atoms with Gasteiger partial charge in [0.2, 0.25) is 0 Å². The van der Waals surface area contributed by atoms with E-state index in [4.69, 9.17) is 4.74 Å². The molecule has 1 aromatic heterocycles. The first-order chi connectivity index (χ1) is 9.31. The number of H-pyrrole nitrogens is 1. The number of nitrogens with zero attached hydrogens (tertiary/aromatic N) is 1. The van der Waals surface area contributed by atoms with Crippen molar-refractivity contribution in [1.82, 2.24) is 9.88 Å². The second-order valence-electron chi connectivity index (χ2n) is 6.91. The Balaban J connectivity index is 1.89. The Kier molecular flexibility index (Phi) is 3.16. The van der Waals surface area contributed by atoms with Crippen LogP contribution in [0.4, 0.5) is 4.79 Å². The second-order valence-corrected chi connectivity index (χ2v) is 7.77. The molecule has 2 heterocycles. The van der Waals surface area contributed by atoms with E-state index >= 15 is 0 Å². The summed E-state index contributed by atoms with van der Waals surface area (Å²) < 4.78 is 6.65. The fraction of sp³-hybridized carbons (Fsp3) is 0.667. The number of rotatable bonds is 0. The van der Waals surface area contributed by atoms with Crippen LogP contribution < -0.4 is 0 Å². The number of ether oxygens (including phenoxy) is 1. The summed E-state index contributed by atoms with van der Waals surface area (Å²) in [4.78, 5) is 17.8. The molecule has 0 bridgehead atoms. The number of aromatic amines is 1. The van der Waals surface area contributed by atoms with Gasteiger partial charge in [0.15, 0.2) is 0 Å². The van der Waals surface area contributed by atoms with Gasteiger partial charge in [-0.3, -0.25) is 4.90 Å². The van der Waals surface area contributed by atoms with Crippen molar-refractivity contribution in [1.29, 1.82) is 0 Å². The van der Waals surface area contributed by atoms with Gasteiger partial charge in [0.25, 0.3) is 0 Å². The Hall–Kier alpha value is -0.970. The van der Waals surface area contributed by atoms with Crippen LogP contribution in [-0.2, 0) is 17.7 Å². The van der Waals surface area contributed by atoms with Crippen molar-refractivity contribution in [2.45, 2.75) is 64.1 Å². The number of amides is 1. The second kappa shape index (κ2) is 4.52. The fourth-order valence-electron chi connectivity index (χ4n) is 3.15. The lowest BCUT2D eigenvalue weighted by atomic mass is 9.70. The van der Waals surface area contributed by atoms with Crippen LogP contribution in [-0.4, -0.2) is 27.1 Å². The van der Waals surface area contributed by atoms with Gasteiger partial charge in [0.05, 0.1) is 12.1 Å². The van der Waals surface area contributed by atoms with Crippen molar-refractivity contribution < 1.29 is 9.53 Å². The van der Waals surface area contributed by atoms with Crippen molar-refractivity contribution in [2.75, 3.05) is 0 Å². The van der Waals surface area contributed by atoms with Crippen LogP contribution in [0.3, 0.4) is 0 Å². The molecule has 2 aliphatic rings. The first-order valence-corrected chi connectivity index (χ1v) is 7.95. The van der Waals surface area contributed by atoms with Gasteiger partial charge in [0.1, 0.15) is 5.60 Å². The SMILES string of the molecule is CC(C)(C)OC(=O)N1Cc2c(Br)c[nH]c2CC12CCC2. The fourth-order valence-corrected chi connectivity index (χ4v) is 3.63. The minimum absolute atomic E-state index is 0.0281. The molecule has 0 saturated heterocycles. The molecule has 1 fully saturated rings. The van der Waals surface area contributed by atoms with Crippen LogP contribution in [0.2, 0.25) is 0 Å². The maximum atomic E-state index is 12.5. The smallest absolute Gasteiger partial charge is 0.411 e. The third-order valence-electron chi connectivity index (χ3n) is 4.32. The average Bonchev–Trinajstić information content (AvgIpc) is 2.64. The van der Waals surface area contributed by atoms with Gasteiger partial charge in [0, 0.05) is 28.3 Å². The van der Waals surface area contributed by atoms with E-state index in [9.17, 15) is 4.79 Å². The molecule has 3 rings (SSSR count). The van der Waals surface area contributed by atoms with Crippen LogP contribution in [0.5, 0.6) is 0 Å². The van der Waals surface area contributed by atoms with Crippen LogP contribution >= 0.6 is 15.9 Å². The molecule has 1 aliphatic heterocycles. The molecule has 1 N–H and O–H groups in total. The highest BCUT2D eigenvalue weighted by molar-refractivity contribution is 9.10. The van der Waals surface area contributed by atoms with E-state index in [-0.39, 0.29) is 11.6 Å². The molecule has 110 valence electrons. The van der Waals surface area contributed by atoms with E-state index in [0.29, 0.717) is 6.54 Å². The lowest BCUT2D eigenvalue weighted by molar-refractivity contribution is -0.0359. The van der Waals surface area contributed by atoms with Crippen LogP contribution in [0.25, 0.3) is 0 Å². The molecule has 20 heavy (non-hydrogen) atoms. The normalized spacial score (nSPS) is 20.5. The van der Waals surface area contributed by atoms with Crippen molar-refractivity contribution in [3.8, 4) is 0 Å². The van der Waals surface area contributed by atoms with E-state index in [2.05, 4.69) is 20.9 Å². The third kappa shape index (κ3) is 2.26. The molecule has 1 aliphatic carbocycles. The number of halogens is 1. The Morgan fingerprint density at radius 2 is 2.15 bits per heavy atom. The maximum Gasteiger partial charge on any atom is 0.411 e. The first kappa shape index (κ1) is 14.0. The molecule has 5 heteroatoms. The topological polar surface area (TPSA) is 45.3 Å². The lowest BCUT2D eigenvalue weighted by Crippen LogP contribution is -2.60. The van der Waals surface area contributed by atoms with E-state index in [0.717, 1.165) is 23.7 Å². The number of hydrogen-bond donors (Lipinski definition) is 1. The van der Waals surface area contributed by atoms with Crippen molar-refractivity contribution >= 4 is 22.0 Å². The largest absolute Gasteiger partial charge is 0.444 e. The van der Waals surface area contributed by atoms with Crippen molar-refractivity contribution in [3.63, 3.8) is 0 Å². The van der Waals surface area contributed by atoms with E-state index in [1.165, 1.54) is 17.7 Å². The van der Waals surface area contributed by atoms with Crippen LogP contribution in [0, 0.1) is 0 Å². The highest BCUT2D eigenvalue weighted by Crippen LogP contribution is 2.46. The summed E-state index contributed by atoms with van der Waals surface area (Å²) >= 11 is 3.56. The van der Waals surface area contributed by atoms with Gasteiger partial charge < -0.3 is 9.72 Å². The average molecular weight is 341 g/mol. The molecular weight excluding hydrogens is 320 g/mol. The number of fused-ring (bicyclic) bond motifs is 1. The minimum Gasteiger partial charge on any atom is -0.444 e. The summed E-state index contributed by atoms with van der Waals surface area (Å²) in [6, 6.07) is 0. The summed E-state index contributed by atoms with van der Waals surface area (Å²) in [5.41, 5.74) is 1.97. The zero-order valence-corrected chi connectivity index (χ0v) is 13.8. The number of carbonyl (C=O) groups excluding carboxylic acids is 1. The monoisotopic (exact) mass is 340 g/mol. The van der Waals surface area contributed by atoms with Gasteiger partial charge >= 0.3 is 6.09 Å². The Morgan fingerprint density at radius 1 is 1.45 bits per heavy atom. The quantitative estimate of drug-likeness (QED) is 0.775. The Labute approximate surface area is 128 Å². The summed E-state index contributed by atoms with van der Waals surface area (Å²) in [5.74, 6) is 0. The predicted molar refractivity (Wildman–Crippen MR) is 80.6 cm³/mol. The molecule has 4 nitrogen and oxygen atoms in total. The number of aromatic nitrogens is 1. The Bertz CT molecular complexity index is 541. The molecule has 1 amide bonds. The number of nitrogens with one attached hydrogen (secondary N) is 1. The van der Waals surface area contributed by atoms with E-state index in [1.54, 1.807) is 0 Å². The molecule has 1 saturated carbocycles. The first-order valence-electron chi connectivity index (χ1n) is 7.16. The van der Waals surface area contributed by atoms with E-state index in [1.807, 2.05) is 31.9 Å². The molecule has 0 radical (unpaired) electrons. The predicted octanol–water partition coefficient (Wildman–Crippen LogP) is 3.99. The highest BCUT2D eigenvalue weighted by atomic mass is 79.9. The van der Waals surface area contributed by atoms with E-state index < -0.39 is 5.60 Å². The number of hydrogen-bond acceptors (Lipinski definition) is 2. The molecular formula is C15H21BrN2O2. The Morgan fingerprint density at radius 3 is 2.70 bits per heavy atom. The summed E-state index contributed by atoms with van der Waals surface area (Å²) in [5, 5.41) is 0. The van der Waals surface area contributed by atoms with Crippen LogP contribution in [0.15, 0.2) is 10.7 Å². The number of carbonyl (C=O) groups is 1. The third-order valence-corrected chi connectivity index (χ3v) is 5.03. The summed E-state index contributed by atoms with van der Waals surface area (Å²) in [7, 11) is 0. The zero-order chi connectivity index (χ0) is 14.5. The minimum atomic E-state index is -0.447. The van der Waals surface area contributed by atoms with Gasteiger partial charge in [-0.05, 0) is 56.0 Å². The van der Waals surface area contributed by atoms with Gasteiger partial charge in [-0.15, -0.1) is 0 Å². The molecule has 1 spiro atoms. The molecule has 0 aromatic carbocycles. The highest BCUT2D eigenvalue weighted by Gasteiger charge is 2.49. The molecule has 1 aromatic rings. The maximum absolute atomic E-state index is 12.5. The van der Waals surface area contributed by atoms with Crippen molar-refractivity contribution in [3.05, 3.63) is 21.9 Å². The zero-order valence-electron chi connectivity index (χ0n) is 12.3. The summed E-state index contributed by atoms with van der Waals surface area (Å²) in [6.07, 6.45) is 6.03. The molecule has 0 unspecified atom stereocenters. The van der Waals surface area contributed by atoms with Gasteiger partial charge in [-0.25, -0.2) is 4.79 Å². The summed E-state index contributed by atoms with van der Waals surface area (Å²) in [6.45, 7) is 6.38. The van der Waals surface area contributed by atoms with Gasteiger partial charge in [-0.1, -0.05) is 0 Å².